The summed E-state index contributed by atoms with van der Waals surface area (Å²) in [6.07, 6.45) is 1.50. The molecule has 1 N–H and O–H groups in total. The zero-order chi connectivity index (χ0) is 10.7. The third-order valence-electron chi connectivity index (χ3n) is 1.82. The van der Waals surface area contributed by atoms with Gasteiger partial charge in [0, 0.05) is 5.56 Å². The third-order valence-corrected chi connectivity index (χ3v) is 2.01. The number of nitrogens with zero attached hydrogens (tertiary/aromatic N) is 2. The maximum absolute atomic E-state index is 8.56. The molecule has 4 heteroatoms. The van der Waals surface area contributed by atoms with E-state index in [-0.39, 0.29) is 6.61 Å². The van der Waals surface area contributed by atoms with Crippen LogP contribution in [0.25, 0.3) is 11.0 Å². The van der Waals surface area contributed by atoms with Crippen LogP contribution in [0.2, 0.25) is 5.15 Å². The molecule has 0 amide bonds. The van der Waals surface area contributed by atoms with Crippen molar-refractivity contribution in [3.05, 3.63) is 35.1 Å². The molecule has 0 aliphatic carbocycles. The Bertz CT molecular complexity index is 557. The van der Waals surface area contributed by atoms with Crippen molar-refractivity contribution in [3.63, 3.8) is 0 Å². The van der Waals surface area contributed by atoms with Gasteiger partial charge in [0.05, 0.1) is 17.2 Å². The van der Waals surface area contributed by atoms with Gasteiger partial charge in [-0.25, -0.2) is 4.98 Å². The van der Waals surface area contributed by atoms with E-state index in [9.17, 15) is 0 Å². The third kappa shape index (κ3) is 2.24. The summed E-state index contributed by atoms with van der Waals surface area (Å²) in [5, 5.41) is 8.92. The van der Waals surface area contributed by atoms with Gasteiger partial charge in [0.25, 0.3) is 0 Å². The van der Waals surface area contributed by atoms with Crippen molar-refractivity contribution in [2.45, 2.75) is 0 Å². The van der Waals surface area contributed by atoms with Gasteiger partial charge < -0.3 is 5.11 Å². The molecule has 0 radical (unpaired) electrons. The van der Waals surface area contributed by atoms with Crippen molar-refractivity contribution in [3.8, 4) is 11.8 Å². The largest absolute Gasteiger partial charge is 0.384 e. The van der Waals surface area contributed by atoms with Gasteiger partial charge in [0.2, 0.25) is 0 Å². The molecule has 2 aromatic rings. The molecular weight excluding hydrogens is 212 g/mol. The van der Waals surface area contributed by atoms with Crippen LogP contribution in [0.4, 0.5) is 0 Å². The molecule has 0 bridgehead atoms. The van der Waals surface area contributed by atoms with E-state index in [4.69, 9.17) is 16.7 Å². The lowest BCUT2D eigenvalue weighted by molar-refractivity contribution is 0.350. The molecule has 3 nitrogen and oxygen atoms in total. The number of aromatic nitrogens is 2. The number of halogens is 1. The minimum absolute atomic E-state index is 0.154. The average molecular weight is 219 g/mol. The van der Waals surface area contributed by atoms with E-state index in [2.05, 4.69) is 21.8 Å². The van der Waals surface area contributed by atoms with Crippen LogP contribution >= 0.6 is 11.6 Å². The Morgan fingerprint density at radius 1 is 1.33 bits per heavy atom. The monoisotopic (exact) mass is 218 g/mol. The fourth-order valence-electron chi connectivity index (χ4n) is 1.21. The van der Waals surface area contributed by atoms with Gasteiger partial charge in [-0.15, -0.1) is 0 Å². The second kappa shape index (κ2) is 4.26. The summed E-state index contributed by atoms with van der Waals surface area (Å²) in [4.78, 5) is 8.23. The molecule has 15 heavy (non-hydrogen) atoms. The number of aliphatic hydroxyl groups is 1. The predicted octanol–water partition coefficient (Wildman–Crippen LogP) is 1.63. The predicted molar refractivity (Wildman–Crippen MR) is 58.5 cm³/mol. The number of benzene rings is 1. The standard InChI is InChI=1S/C11H7ClN2O/c12-11-7-13-9-4-3-8(2-1-5-15)6-10(9)14-11/h3-4,6-7,15H,5H2. The topological polar surface area (TPSA) is 46.0 Å². The first-order valence-electron chi connectivity index (χ1n) is 4.31. The molecule has 0 atom stereocenters. The highest BCUT2D eigenvalue weighted by atomic mass is 35.5. The fraction of sp³-hybridized carbons (Fsp3) is 0.0909. The molecule has 0 fully saturated rings. The molecule has 0 saturated heterocycles. The maximum Gasteiger partial charge on any atom is 0.148 e. The molecular formula is C11H7ClN2O. The average Bonchev–Trinajstić information content (AvgIpc) is 2.25. The quantitative estimate of drug-likeness (QED) is 0.684. The van der Waals surface area contributed by atoms with E-state index in [1.54, 1.807) is 6.07 Å². The van der Waals surface area contributed by atoms with E-state index in [1.165, 1.54) is 6.20 Å². The van der Waals surface area contributed by atoms with Gasteiger partial charge in [-0.3, -0.25) is 4.98 Å². The van der Waals surface area contributed by atoms with Crippen molar-refractivity contribution < 1.29 is 5.11 Å². The molecule has 0 spiro atoms. The van der Waals surface area contributed by atoms with Crippen LogP contribution in [0.5, 0.6) is 0 Å². The van der Waals surface area contributed by atoms with Crippen LogP contribution in [-0.2, 0) is 0 Å². The number of hydrogen-bond donors (Lipinski definition) is 1. The SMILES string of the molecule is OCC#Cc1ccc2ncc(Cl)nc2c1. The van der Waals surface area contributed by atoms with E-state index in [1.807, 2.05) is 12.1 Å². The smallest absolute Gasteiger partial charge is 0.148 e. The van der Waals surface area contributed by atoms with E-state index >= 15 is 0 Å². The number of hydrogen-bond acceptors (Lipinski definition) is 3. The van der Waals surface area contributed by atoms with Crippen LogP contribution in [0.1, 0.15) is 5.56 Å². The highest BCUT2D eigenvalue weighted by molar-refractivity contribution is 6.29. The van der Waals surface area contributed by atoms with E-state index < -0.39 is 0 Å². The molecule has 1 aromatic heterocycles. The Balaban J connectivity index is 2.54. The summed E-state index contributed by atoms with van der Waals surface area (Å²) >= 11 is 5.73. The Morgan fingerprint density at radius 3 is 3.00 bits per heavy atom. The summed E-state index contributed by atoms with van der Waals surface area (Å²) in [7, 11) is 0. The summed E-state index contributed by atoms with van der Waals surface area (Å²) in [5.41, 5.74) is 2.26. The number of rotatable bonds is 0. The highest BCUT2D eigenvalue weighted by Crippen LogP contribution is 2.13. The van der Waals surface area contributed by atoms with Crippen molar-refractivity contribution in [2.24, 2.45) is 0 Å². The van der Waals surface area contributed by atoms with Gasteiger partial charge >= 0.3 is 0 Å². The normalized spacial score (nSPS) is 9.73. The summed E-state index contributed by atoms with van der Waals surface area (Å²) < 4.78 is 0. The van der Waals surface area contributed by atoms with Crippen LogP contribution in [-0.4, -0.2) is 21.7 Å². The first kappa shape index (κ1) is 9.91. The van der Waals surface area contributed by atoms with Gasteiger partial charge in [-0.1, -0.05) is 23.4 Å². The molecule has 0 unspecified atom stereocenters. The summed E-state index contributed by atoms with van der Waals surface area (Å²) in [6.45, 7) is -0.154. The molecule has 1 heterocycles. The van der Waals surface area contributed by atoms with Crippen LogP contribution in [0, 0.1) is 11.8 Å². The second-order valence-corrected chi connectivity index (χ2v) is 3.24. The maximum atomic E-state index is 8.56. The minimum Gasteiger partial charge on any atom is -0.384 e. The van der Waals surface area contributed by atoms with E-state index in [0.717, 1.165) is 11.1 Å². The molecule has 74 valence electrons. The lowest BCUT2D eigenvalue weighted by Gasteiger charge is -1.97. The van der Waals surface area contributed by atoms with Crippen LogP contribution in [0.15, 0.2) is 24.4 Å². The molecule has 2 rings (SSSR count). The van der Waals surface area contributed by atoms with Gasteiger partial charge in [-0.05, 0) is 18.2 Å². The summed E-state index contributed by atoms with van der Waals surface area (Å²) in [5.74, 6) is 5.36. The van der Waals surface area contributed by atoms with Crippen molar-refractivity contribution >= 4 is 22.6 Å². The summed E-state index contributed by atoms with van der Waals surface area (Å²) in [6, 6.07) is 5.44. The molecule has 1 aromatic carbocycles. The molecule has 0 aliphatic rings. The lowest BCUT2D eigenvalue weighted by atomic mass is 10.2. The van der Waals surface area contributed by atoms with Crippen molar-refractivity contribution in [2.75, 3.05) is 6.61 Å². The van der Waals surface area contributed by atoms with Crippen LogP contribution < -0.4 is 0 Å². The van der Waals surface area contributed by atoms with Gasteiger partial charge in [0.1, 0.15) is 11.8 Å². The Kier molecular flexibility index (Phi) is 2.82. The molecule has 0 aliphatic heterocycles. The van der Waals surface area contributed by atoms with Gasteiger partial charge in [-0.2, -0.15) is 0 Å². The fourth-order valence-corrected chi connectivity index (χ4v) is 1.35. The number of fused-ring (bicyclic) bond motifs is 1. The lowest BCUT2D eigenvalue weighted by Crippen LogP contribution is -1.85. The highest BCUT2D eigenvalue weighted by Gasteiger charge is 1.98. The van der Waals surface area contributed by atoms with Crippen molar-refractivity contribution in [1.82, 2.24) is 9.97 Å². The van der Waals surface area contributed by atoms with Crippen LogP contribution in [0.3, 0.4) is 0 Å². The first-order valence-corrected chi connectivity index (χ1v) is 4.69. The van der Waals surface area contributed by atoms with Gasteiger partial charge in [0.15, 0.2) is 0 Å². The van der Waals surface area contributed by atoms with Crippen molar-refractivity contribution in [1.29, 1.82) is 0 Å². The van der Waals surface area contributed by atoms with E-state index in [0.29, 0.717) is 10.7 Å². The zero-order valence-electron chi connectivity index (χ0n) is 7.74. The second-order valence-electron chi connectivity index (χ2n) is 2.86. The number of aliphatic hydroxyl groups excluding tert-OH is 1. The first-order chi connectivity index (χ1) is 7.29. The Labute approximate surface area is 91.7 Å². The molecule has 0 saturated carbocycles. The Hall–Kier alpha value is -1.63. The Morgan fingerprint density at radius 2 is 2.20 bits per heavy atom. The minimum atomic E-state index is -0.154. The zero-order valence-corrected chi connectivity index (χ0v) is 8.49.